The van der Waals surface area contributed by atoms with Crippen LogP contribution < -0.4 is 21.2 Å². The number of hydrogen-bond acceptors (Lipinski definition) is 0. The van der Waals surface area contributed by atoms with Crippen LogP contribution in [0.4, 0.5) is 0 Å². The molecule has 1 heterocycles. The Kier molecular flexibility index (Phi) is 6.07. The molecule has 1 fully saturated rings. The van der Waals surface area contributed by atoms with Gasteiger partial charge in [-0.1, -0.05) is 0 Å². The van der Waals surface area contributed by atoms with Gasteiger partial charge in [0.2, 0.25) is 0 Å². The fourth-order valence-electron chi connectivity index (χ4n) is 4.18. The zero-order valence-corrected chi connectivity index (χ0v) is 18.9. The standard InChI is InChI=1S/C22H26Cl2I/c1-14(2)20-13-21(16-5-9-18(23)10-6-16)22(4,25-15(20)3)17-7-11-19(24)12-8-17/h5-12,14-15,20-21H,13H2,1-4H3/q-1/t15?,20-,21-,22?/m1/s1. The Morgan fingerprint density at radius 1 is 0.960 bits per heavy atom. The average Bonchev–Trinajstić information content (AvgIpc) is 2.56. The molecule has 136 valence electrons. The molecule has 0 saturated carbocycles. The van der Waals surface area contributed by atoms with Crippen LogP contribution in [-0.4, -0.2) is 3.92 Å². The Morgan fingerprint density at radius 2 is 1.48 bits per heavy atom. The maximum atomic E-state index is 6.15. The fourth-order valence-corrected chi connectivity index (χ4v) is 9.83. The van der Waals surface area contributed by atoms with E-state index in [1.807, 2.05) is 24.3 Å². The molecule has 2 aromatic carbocycles. The van der Waals surface area contributed by atoms with Crippen molar-refractivity contribution in [1.82, 2.24) is 0 Å². The minimum atomic E-state index is -0.00987. The van der Waals surface area contributed by atoms with E-state index in [2.05, 4.69) is 52.0 Å². The number of halogens is 3. The Labute approximate surface area is 172 Å². The third-order valence-electron chi connectivity index (χ3n) is 5.69. The predicted molar refractivity (Wildman–Crippen MR) is 105 cm³/mol. The third kappa shape index (κ3) is 4.04. The van der Waals surface area contributed by atoms with Crippen LogP contribution in [0.3, 0.4) is 0 Å². The van der Waals surface area contributed by atoms with Crippen LogP contribution in [0.15, 0.2) is 48.5 Å². The van der Waals surface area contributed by atoms with Gasteiger partial charge in [0, 0.05) is 0 Å². The van der Waals surface area contributed by atoms with Gasteiger partial charge in [-0.15, -0.1) is 0 Å². The van der Waals surface area contributed by atoms with E-state index in [0.29, 0.717) is 5.92 Å². The van der Waals surface area contributed by atoms with Crippen LogP contribution in [0.5, 0.6) is 0 Å². The van der Waals surface area contributed by atoms with Crippen molar-refractivity contribution in [3.8, 4) is 0 Å². The van der Waals surface area contributed by atoms with Crippen molar-refractivity contribution >= 4 is 23.2 Å². The van der Waals surface area contributed by atoms with Crippen LogP contribution in [0.1, 0.15) is 51.2 Å². The Hall–Kier alpha value is -0.250. The van der Waals surface area contributed by atoms with E-state index in [4.69, 9.17) is 23.2 Å². The van der Waals surface area contributed by atoms with E-state index in [1.165, 1.54) is 17.5 Å². The average molecular weight is 488 g/mol. The van der Waals surface area contributed by atoms with Crippen molar-refractivity contribution in [3.05, 3.63) is 69.7 Å². The van der Waals surface area contributed by atoms with Crippen molar-refractivity contribution in [3.63, 3.8) is 0 Å². The summed E-state index contributed by atoms with van der Waals surface area (Å²) in [6.07, 6.45) is 1.25. The molecule has 0 nitrogen and oxygen atoms in total. The van der Waals surface area contributed by atoms with Crippen molar-refractivity contribution < 1.29 is 21.2 Å². The first-order chi connectivity index (χ1) is 11.8. The summed E-state index contributed by atoms with van der Waals surface area (Å²) in [7, 11) is 0. The Morgan fingerprint density at radius 3 is 2.00 bits per heavy atom. The molecule has 0 radical (unpaired) electrons. The van der Waals surface area contributed by atoms with Crippen molar-refractivity contribution in [2.45, 2.75) is 47.4 Å². The number of alkyl halides is 2. The first-order valence-corrected chi connectivity index (χ1v) is 12.1. The fraction of sp³-hybridized carbons (Fsp3) is 0.455. The van der Waals surface area contributed by atoms with Gasteiger partial charge in [0.25, 0.3) is 0 Å². The van der Waals surface area contributed by atoms with Crippen molar-refractivity contribution in [2.24, 2.45) is 11.8 Å². The molecule has 0 N–H and O–H groups in total. The molecule has 0 aromatic heterocycles. The van der Waals surface area contributed by atoms with Gasteiger partial charge in [0.05, 0.1) is 0 Å². The molecule has 1 aliphatic heterocycles. The van der Waals surface area contributed by atoms with Crippen LogP contribution in [0.2, 0.25) is 10.0 Å². The molecular weight excluding hydrogens is 462 g/mol. The van der Waals surface area contributed by atoms with Gasteiger partial charge in [-0.2, -0.15) is 0 Å². The molecule has 1 aliphatic rings. The summed E-state index contributed by atoms with van der Waals surface area (Å²) in [6, 6.07) is 17.1. The molecule has 4 atom stereocenters. The van der Waals surface area contributed by atoms with E-state index in [9.17, 15) is 0 Å². The van der Waals surface area contributed by atoms with Gasteiger partial charge in [-0.3, -0.25) is 0 Å². The second kappa shape index (κ2) is 7.78. The summed E-state index contributed by atoms with van der Waals surface area (Å²) in [4.78, 5) is 0. The van der Waals surface area contributed by atoms with Crippen molar-refractivity contribution in [1.29, 1.82) is 0 Å². The van der Waals surface area contributed by atoms with E-state index in [1.54, 1.807) is 0 Å². The predicted octanol–water partition coefficient (Wildman–Crippen LogP) is 4.15. The molecule has 0 spiro atoms. The van der Waals surface area contributed by atoms with E-state index in [-0.39, 0.29) is 24.6 Å². The SMILES string of the molecule is CC(C)[C@H]1C[C@H](c2ccc(Cl)cc2)C(C)(c2ccc(Cl)cc2)[I-]C1C. The zero-order valence-electron chi connectivity index (χ0n) is 15.3. The summed E-state index contributed by atoms with van der Waals surface area (Å²) >= 11 is 12.3. The topological polar surface area (TPSA) is 0 Å². The number of rotatable bonds is 3. The molecule has 0 aliphatic carbocycles. The molecule has 2 aromatic rings. The van der Waals surface area contributed by atoms with Gasteiger partial charge in [0.15, 0.2) is 0 Å². The molecule has 25 heavy (non-hydrogen) atoms. The quantitative estimate of drug-likeness (QED) is 0.450. The first-order valence-electron chi connectivity index (χ1n) is 8.97. The van der Waals surface area contributed by atoms with Crippen LogP contribution >= 0.6 is 23.2 Å². The summed E-state index contributed by atoms with van der Waals surface area (Å²) in [5.74, 6) is 2.08. The summed E-state index contributed by atoms with van der Waals surface area (Å²) < 4.78 is 1.05. The summed E-state index contributed by atoms with van der Waals surface area (Å²) in [5.41, 5.74) is 2.87. The maximum absolute atomic E-state index is 6.15. The molecular formula is C22H26Cl2I-. The Bertz CT molecular complexity index is 708. The van der Waals surface area contributed by atoms with Crippen LogP contribution in [0, 0.1) is 11.8 Å². The second-order valence-electron chi connectivity index (χ2n) is 7.62. The van der Waals surface area contributed by atoms with Crippen LogP contribution in [-0.2, 0) is 3.42 Å². The Balaban J connectivity index is 2.06. The van der Waals surface area contributed by atoms with E-state index >= 15 is 0 Å². The van der Waals surface area contributed by atoms with Gasteiger partial charge in [0.1, 0.15) is 0 Å². The van der Waals surface area contributed by atoms with Gasteiger partial charge >= 0.3 is 173 Å². The zero-order chi connectivity index (χ0) is 18.2. The van der Waals surface area contributed by atoms with E-state index < -0.39 is 0 Å². The van der Waals surface area contributed by atoms with Crippen LogP contribution in [0.25, 0.3) is 0 Å². The molecule has 2 unspecified atom stereocenters. The molecule has 1 saturated heterocycles. The summed E-state index contributed by atoms with van der Waals surface area (Å²) in [5, 5.41) is 1.63. The number of benzene rings is 2. The number of hydrogen-bond donors (Lipinski definition) is 0. The molecule has 3 heteroatoms. The van der Waals surface area contributed by atoms with Gasteiger partial charge in [-0.05, 0) is 0 Å². The molecule has 3 rings (SSSR count). The van der Waals surface area contributed by atoms with Gasteiger partial charge < -0.3 is 0 Å². The normalized spacial score (nSPS) is 30.1. The monoisotopic (exact) mass is 487 g/mol. The molecule has 0 bridgehead atoms. The molecule has 0 amide bonds. The van der Waals surface area contributed by atoms with Crippen molar-refractivity contribution in [2.75, 3.05) is 0 Å². The third-order valence-corrected chi connectivity index (χ3v) is 10.8. The van der Waals surface area contributed by atoms with Gasteiger partial charge in [-0.25, -0.2) is 0 Å². The van der Waals surface area contributed by atoms with E-state index in [0.717, 1.165) is 25.8 Å². The minimum absolute atomic E-state index is 0.00987. The summed E-state index contributed by atoms with van der Waals surface area (Å²) in [6.45, 7) is 9.73. The second-order valence-corrected chi connectivity index (χ2v) is 13.3. The first kappa shape index (κ1) is 19.5.